The molecule has 0 amide bonds. The van der Waals surface area contributed by atoms with Gasteiger partial charge in [-0.1, -0.05) is 6.92 Å². The monoisotopic (exact) mass is 345 g/mol. The van der Waals surface area contributed by atoms with Crippen molar-refractivity contribution in [2.75, 3.05) is 13.2 Å². The maximum atomic E-state index is 5.66. The lowest BCUT2D eigenvalue weighted by Crippen LogP contribution is -2.35. The van der Waals surface area contributed by atoms with Crippen LogP contribution in [0.5, 0.6) is 0 Å². The van der Waals surface area contributed by atoms with E-state index in [0.717, 1.165) is 19.1 Å². The number of hydrogen-bond donors (Lipinski definition) is 1. The highest BCUT2D eigenvalue weighted by atomic mass is 79.9. The highest BCUT2D eigenvalue weighted by molar-refractivity contribution is 9.10. The molecule has 19 heavy (non-hydrogen) atoms. The van der Waals surface area contributed by atoms with Crippen molar-refractivity contribution in [2.24, 2.45) is 5.92 Å². The van der Waals surface area contributed by atoms with Crippen molar-refractivity contribution >= 4 is 27.3 Å². The van der Waals surface area contributed by atoms with Crippen molar-refractivity contribution < 1.29 is 4.74 Å². The third kappa shape index (κ3) is 4.28. The van der Waals surface area contributed by atoms with Gasteiger partial charge >= 0.3 is 0 Å². The fourth-order valence-corrected chi connectivity index (χ4v) is 4.38. The zero-order valence-electron chi connectivity index (χ0n) is 11.8. The Balaban J connectivity index is 1.87. The highest BCUT2D eigenvalue weighted by Gasteiger charge is 2.32. The third-order valence-corrected chi connectivity index (χ3v) is 5.57. The SMILES string of the molecule is CCCNC(CC1CC(OCC)C1)c1cscc1Br. The van der Waals surface area contributed by atoms with Crippen molar-refractivity contribution in [1.82, 2.24) is 5.32 Å². The minimum atomic E-state index is 0.494. The van der Waals surface area contributed by atoms with Gasteiger partial charge in [0.05, 0.1) is 6.10 Å². The zero-order chi connectivity index (χ0) is 13.7. The van der Waals surface area contributed by atoms with Crippen LogP contribution in [0.2, 0.25) is 0 Å². The van der Waals surface area contributed by atoms with Gasteiger partial charge in [0.25, 0.3) is 0 Å². The molecule has 0 radical (unpaired) electrons. The maximum Gasteiger partial charge on any atom is 0.0580 e. The Morgan fingerprint density at radius 2 is 2.21 bits per heavy atom. The Morgan fingerprint density at radius 3 is 2.79 bits per heavy atom. The highest BCUT2D eigenvalue weighted by Crippen LogP contribution is 2.39. The molecule has 1 fully saturated rings. The van der Waals surface area contributed by atoms with E-state index < -0.39 is 0 Å². The zero-order valence-corrected chi connectivity index (χ0v) is 14.2. The first-order chi connectivity index (χ1) is 9.24. The van der Waals surface area contributed by atoms with Crippen LogP contribution in [0.4, 0.5) is 0 Å². The Labute approximate surface area is 129 Å². The van der Waals surface area contributed by atoms with Gasteiger partial charge < -0.3 is 10.1 Å². The molecule has 1 aromatic heterocycles. The van der Waals surface area contributed by atoms with E-state index in [1.165, 1.54) is 35.7 Å². The summed E-state index contributed by atoms with van der Waals surface area (Å²) in [6, 6.07) is 0.494. The van der Waals surface area contributed by atoms with Gasteiger partial charge in [0, 0.05) is 22.5 Å². The number of ether oxygens (including phenoxy) is 1. The molecule has 4 heteroatoms. The van der Waals surface area contributed by atoms with E-state index in [-0.39, 0.29) is 0 Å². The molecule has 2 rings (SSSR count). The van der Waals surface area contributed by atoms with Crippen LogP contribution in [-0.4, -0.2) is 19.3 Å². The number of rotatable bonds is 8. The van der Waals surface area contributed by atoms with Gasteiger partial charge in [0.15, 0.2) is 0 Å². The molecule has 1 N–H and O–H groups in total. The van der Waals surface area contributed by atoms with E-state index in [9.17, 15) is 0 Å². The van der Waals surface area contributed by atoms with E-state index in [2.05, 4.69) is 45.9 Å². The number of halogens is 1. The molecule has 108 valence electrons. The summed E-state index contributed by atoms with van der Waals surface area (Å²) >= 11 is 5.45. The van der Waals surface area contributed by atoms with Crippen LogP contribution in [0, 0.1) is 5.92 Å². The average Bonchev–Trinajstić information content (AvgIpc) is 2.77. The predicted molar refractivity (Wildman–Crippen MR) is 85.8 cm³/mol. The molecule has 1 aromatic rings. The molecule has 1 aliphatic rings. The van der Waals surface area contributed by atoms with Crippen LogP contribution >= 0.6 is 27.3 Å². The van der Waals surface area contributed by atoms with Crippen molar-refractivity contribution in [1.29, 1.82) is 0 Å². The molecule has 0 spiro atoms. The molecule has 1 unspecified atom stereocenters. The quantitative estimate of drug-likeness (QED) is 0.733. The first-order valence-corrected chi connectivity index (χ1v) is 9.04. The van der Waals surface area contributed by atoms with Gasteiger partial charge in [-0.05, 0) is 71.9 Å². The summed E-state index contributed by atoms with van der Waals surface area (Å²) in [7, 11) is 0. The van der Waals surface area contributed by atoms with Gasteiger partial charge in [0.2, 0.25) is 0 Å². The maximum absolute atomic E-state index is 5.66. The number of hydrogen-bond acceptors (Lipinski definition) is 3. The van der Waals surface area contributed by atoms with Crippen LogP contribution in [0.15, 0.2) is 15.2 Å². The molecule has 1 aliphatic carbocycles. The fourth-order valence-electron chi connectivity index (χ4n) is 2.75. The summed E-state index contributed by atoms with van der Waals surface area (Å²) < 4.78 is 6.91. The van der Waals surface area contributed by atoms with Crippen molar-refractivity contribution in [3.8, 4) is 0 Å². The summed E-state index contributed by atoms with van der Waals surface area (Å²) in [5, 5.41) is 8.15. The lowest BCUT2D eigenvalue weighted by molar-refractivity contribution is -0.0291. The molecular weight excluding hydrogens is 322 g/mol. The van der Waals surface area contributed by atoms with E-state index in [0.29, 0.717) is 12.1 Å². The molecule has 0 aliphatic heterocycles. The largest absolute Gasteiger partial charge is 0.378 e. The lowest BCUT2D eigenvalue weighted by atomic mass is 9.77. The second-order valence-electron chi connectivity index (χ2n) is 5.33. The van der Waals surface area contributed by atoms with Crippen molar-refractivity contribution in [3.63, 3.8) is 0 Å². The average molecular weight is 346 g/mol. The predicted octanol–water partition coefficient (Wildman–Crippen LogP) is 4.76. The molecule has 2 nitrogen and oxygen atoms in total. The topological polar surface area (TPSA) is 21.3 Å². The van der Waals surface area contributed by atoms with Gasteiger partial charge in [0.1, 0.15) is 0 Å². The summed E-state index contributed by atoms with van der Waals surface area (Å²) in [5.74, 6) is 0.817. The number of nitrogens with one attached hydrogen (secondary N) is 1. The first kappa shape index (κ1) is 15.5. The summed E-state index contributed by atoms with van der Waals surface area (Å²) in [5.41, 5.74) is 1.43. The lowest BCUT2D eigenvalue weighted by Gasteiger charge is -2.37. The first-order valence-electron chi connectivity index (χ1n) is 7.31. The molecule has 0 bridgehead atoms. The van der Waals surface area contributed by atoms with Gasteiger partial charge in [-0.2, -0.15) is 11.3 Å². The van der Waals surface area contributed by atoms with Crippen LogP contribution < -0.4 is 5.32 Å². The second-order valence-corrected chi connectivity index (χ2v) is 6.93. The summed E-state index contributed by atoms with van der Waals surface area (Å²) in [6.45, 7) is 6.25. The summed E-state index contributed by atoms with van der Waals surface area (Å²) in [4.78, 5) is 0. The van der Waals surface area contributed by atoms with E-state index in [1.54, 1.807) is 11.3 Å². The third-order valence-electron chi connectivity index (χ3n) is 3.82. The van der Waals surface area contributed by atoms with Crippen LogP contribution in [0.25, 0.3) is 0 Å². The van der Waals surface area contributed by atoms with E-state index >= 15 is 0 Å². The molecule has 1 atom stereocenters. The van der Waals surface area contributed by atoms with Crippen LogP contribution in [0.3, 0.4) is 0 Å². The molecule has 0 aromatic carbocycles. The standard InChI is InChI=1S/C15H24BrNOS/c1-3-5-17-15(13-9-19-10-14(13)16)8-11-6-12(7-11)18-4-2/h9-12,15,17H,3-8H2,1-2H3. The smallest absolute Gasteiger partial charge is 0.0580 e. The fraction of sp³-hybridized carbons (Fsp3) is 0.733. The Morgan fingerprint density at radius 1 is 1.42 bits per heavy atom. The Kier molecular flexibility index (Phi) is 6.33. The normalized spacial score (nSPS) is 24.2. The molecule has 1 heterocycles. The molecule has 1 saturated carbocycles. The molecule has 0 saturated heterocycles. The van der Waals surface area contributed by atoms with Gasteiger partial charge in [-0.25, -0.2) is 0 Å². The van der Waals surface area contributed by atoms with Crippen LogP contribution in [0.1, 0.15) is 51.1 Å². The van der Waals surface area contributed by atoms with E-state index in [4.69, 9.17) is 4.74 Å². The molecular formula is C15H24BrNOS. The van der Waals surface area contributed by atoms with Gasteiger partial charge in [-0.15, -0.1) is 0 Å². The number of thiophene rings is 1. The van der Waals surface area contributed by atoms with Crippen LogP contribution in [-0.2, 0) is 4.74 Å². The van der Waals surface area contributed by atoms with Crippen molar-refractivity contribution in [2.45, 2.75) is 51.7 Å². The minimum Gasteiger partial charge on any atom is -0.378 e. The summed E-state index contributed by atoms with van der Waals surface area (Å²) in [6.07, 6.45) is 5.41. The van der Waals surface area contributed by atoms with E-state index in [1.807, 2.05) is 0 Å². The minimum absolute atomic E-state index is 0.494. The van der Waals surface area contributed by atoms with Crippen molar-refractivity contribution in [3.05, 3.63) is 20.8 Å². The Hall–Kier alpha value is 0.100. The second kappa shape index (κ2) is 7.77. The Bertz CT molecular complexity index is 376. The van der Waals surface area contributed by atoms with Gasteiger partial charge in [-0.3, -0.25) is 0 Å².